The highest BCUT2D eigenvalue weighted by Gasteiger charge is 2.32. The molecule has 0 aromatic carbocycles. The molecule has 0 bridgehead atoms. The summed E-state index contributed by atoms with van der Waals surface area (Å²) in [6.45, 7) is 6.88. The van der Waals surface area contributed by atoms with Gasteiger partial charge in [0.25, 0.3) is 11.5 Å². The molecule has 8 heteroatoms. The van der Waals surface area contributed by atoms with E-state index in [4.69, 9.17) is 17.2 Å². The zero-order chi connectivity index (χ0) is 26.9. The van der Waals surface area contributed by atoms with Crippen LogP contribution in [0.5, 0.6) is 0 Å². The van der Waals surface area contributed by atoms with Gasteiger partial charge in [-0.15, -0.1) is 0 Å². The van der Waals surface area contributed by atoms with Gasteiger partial charge < -0.3 is 4.90 Å². The Morgan fingerprint density at radius 1 is 1.00 bits per heavy atom. The zero-order valence-corrected chi connectivity index (χ0v) is 24.6. The third kappa shape index (κ3) is 7.26. The molecule has 2 saturated heterocycles. The summed E-state index contributed by atoms with van der Waals surface area (Å²) in [6.07, 6.45) is 18.1. The molecule has 2 fully saturated rings. The van der Waals surface area contributed by atoms with Crippen molar-refractivity contribution in [3.05, 3.63) is 45.2 Å². The van der Waals surface area contributed by atoms with E-state index in [0.717, 1.165) is 38.8 Å². The van der Waals surface area contributed by atoms with Gasteiger partial charge in [0.1, 0.15) is 15.8 Å². The normalized spacial score (nSPS) is 17.9. The van der Waals surface area contributed by atoms with Crippen molar-refractivity contribution in [1.29, 1.82) is 0 Å². The van der Waals surface area contributed by atoms with E-state index in [1.165, 1.54) is 63.1 Å². The Morgan fingerprint density at radius 3 is 2.34 bits per heavy atom. The average Bonchev–Trinajstić information content (AvgIpc) is 3.19. The first kappa shape index (κ1) is 28.8. The number of aromatic nitrogens is 2. The quantitative estimate of drug-likeness (QED) is 0.150. The molecule has 2 aliphatic rings. The number of carbonyl (C=O) groups excluding carboxylic acids is 1. The van der Waals surface area contributed by atoms with Gasteiger partial charge >= 0.3 is 0 Å². The highest BCUT2D eigenvalue weighted by Crippen LogP contribution is 2.34. The van der Waals surface area contributed by atoms with E-state index in [9.17, 15) is 9.59 Å². The number of pyridine rings is 1. The van der Waals surface area contributed by atoms with Crippen LogP contribution in [0.1, 0.15) is 96.5 Å². The number of carbonyl (C=O) groups is 1. The van der Waals surface area contributed by atoms with Crippen LogP contribution < -0.4 is 10.5 Å². The first-order chi connectivity index (χ1) is 18.5. The van der Waals surface area contributed by atoms with Crippen LogP contribution in [0.15, 0.2) is 34.1 Å². The number of hydrogen-bond donors (Lipinski definition) is 0. The van der Waals surface area contributed by atoms with Gasteiger partial charge in [-0.25, -0.2) is 4.98 Å². The predicted molar refractivity (Wildman–Crippen MR) is 164 cm³/mol. The molecule has 2 aromatic heterocycles. The molecule has 38 heavy (non-hydrogen) atoms. The minimum atomic E-state index is -0.149. The van der Waals surface area contributed by atoms with Gasteiger partial charge in [-0.05, 0) is 43.4 Å². The Balaban J connectivity index is 1.42. The lowest BCUT2D eigenvalue weighted by Gasteiger charge is -2.32. The number of piperidine rings is 1. The molecule has 1 amide bonds. The summed E-state index contributed by atoms with van der Waals surface area (Å²) in [7, 11) is 0. The van der Waals surface area contributed by atoms with E-state index in [1.807, 2.05) is 18.2 Å². The molecule has 4 rings (SSSR count). The number of thioether (sulfide) groups is 1. The second kappa shape index (κ2) is 14.3. The highest BCUT2D eigenvalue weighted by atomic mass is 32.2. The standard InChI is InChI=1S/C30H42N4O2S2/c1-3-4-5-6-7-8-9-10-11-13-19-34-29(36)25(38-30(34)37)22-24-27(32-20-16-23(2)17-21-32)31-26-15-12-14-18-33(26)28(24)35/h12,14-15,18,22-23H,3-11,13,16-17,19-21H2,1-2H3. The molecule has 0 radical (unpaired) electrons. The third-order valence-corrected chi connectivity index (χ3v) is 9.09. The maximum Gasteiger partial charge on any atom is 0.267 e. The van der Waals surface area contributed by atoms with Crippen molar-refractivity contribution < 1.29 is 4.79 Å². The summed E-state index contributed by atoms with van der Waals surface area (Å²) >= 11 is 6.88. The largest absolute Gasteiger partial charge is 0.356 e. The lowest BCUT2D eigenvalue weighted by Crippen LogP contribution is -2.36. The Labute approximate surface area is 236 Å². The van der Waals surface area contributed by atoms with Crippen LogP contribution >= 0.6 is 24.0 Å². The molecule has 2 aromatic rings. The first-order valence-corrected chi connectivity index (χ1v) is 15.7. The number of rotatable bonds is 13. The molecule has 0 unspecified atom stereocenters. The van der Waals surface area contributed by atoms with Gasteiger partial charge in [0, 0.05) is 25.8 Å². The summed E-state index contributed by atoms with van der Waals surface area (Å²) < 4.78 is 2.14. The Kier molecular flexibility index (Phi) is 10.8. The summed E-state index contributed by atoms with van der Waals surface area (Å²) in [5, 5.41) is 0. The molecule has 0 aliphatic carbocycles. The Hall–Kier alpha value is -2.19. The van der Waals surface area contributed by atoms with E-state index >= 15 is 0 Å². The number of thiocarbonyl (C=S) groups is 1. The fourth-order valence-corrected chi connectivity index (χ4v) is 6.55. The summed E-state index contributed by atoms with van der Waals surface area (Å²) in [5.41, 5.74) is 0.948. The van der Waals surface area contributed by atoms with Crippen molar-refractivity contribution in [1.82, 2.24) is 14.3 Å². The molecule has 2 aliphatic heterocycles. The van der Waals surface area contributed by atoms with Gasteiger partial charge in [0.2, 0.25) is 0 Å². The van der Waals surface area contributed by atoms with Gasteiger partial charge in [-0.3, -0.25) is 18.9 Å². The minimum Gasteiger partial charge on any atom is -0.356 e. The van der Waals surface area contributed by atoms with Crippen molar-refractivity contribution in [3.8, 4) is 0 Å². The number of fused-ring (bicyclic) bond motifs is 1. The zero-order valence-electron chi connectivity index (χ0n) is 23.0. The van der Waals surface area contributed by atoms with Crippen molar-refractivity contribution in [2.24, 2.45) is 5.92 Å². The van der Waals surface area contributed by atoms with Crippen molar-refractivity contribution in [2.45, 2.75) is 90.9 Å². The van der Waals surface area contributed by atoms with Crippen LogP contribution in [-0.2, 0) is 4.79 Å². The van der Waals surface area contributed by atoms with Crippen molar-refractivity contribution in [3.63, 3.8) is 0 Å². The number of hydrogen-bond acceptors (Lipinski definition) is 6. The second-order valence-electron chi connectivity index (χ2n) is 10.8. The number of nitrogens with zero attached hydrogens (tertiary/aromatic N) is 4. The second-order valence-corrected chi connectivity index (χ2v) is 12.4. The van der Waals surface area contributed by atoms with Crippen LogP contribution in [0.2, 0.25) is 0 Å². The van der Waals surface area contributed by atoms with E-state index in [1.54, 1.807) is 21.6 Å². The Bertz CT molecular complexity index is 1200. The van der Waals surface area contributed by atoms with E-state index < -0.39 is 0 Å². The van der Waals surface area contributed by atoms with Gasteiger partial charge in [0.05, 0.1) is 10.5 Å². The number of amides is 1. The molecule has 0 saturated carbocycles. The van der Waals surface area contributed by atoms with E-state index in [2.05, 4.69) is 18.7 Å². The van der Waals surface area contributed by atoms with Crippen LogP contribution in [0, 0.1) is 5.92 Å². The summed E-state index contributed by atoms with van der Waals surface area (Å²) in [4.78, 5) is 36.2. The molecular formula is C30H42N4O2S2. The van der Waals surface area contributed by atoms with E-state index in [-0.39, 0.29) is 11.5 Å². The maximum absolute atomic E-state index is 13.6. The number of anilines is 1. The van der Waals surface area contributed by atoms with Gasteiger partial charge in [-0.2, -0.15) is 0 Å². The predicted octanol–water partition coefficient (Wildman–Crippen LogP) is 7.05. The molecule has 0 spiro atoms. The molecule has 206 valence electrons. The third-order valence-electron chi connectivity index (χ3n) is 7.72. The first-order valence-electron chi connectivity index (χ1n) is 14.5. The molecular weight excluding hydrogens is 512 g/mol. The molecule has 4 heterocycles. The lowest BCUT2D eigenvalue weighted by atomic mass is 9.99. The smallest absolute Gasteiger partial charge is 0.267 e. The lowest BCUT2D eigenvalue weighted by molar-refractivity contribution is -0.122. The molecule has 6 nitrogen and oxygen atoms in total. The topological polar surface area (TPSA) is 57.9 Å². The minimum absolute atomic E-state index is 0.0910. The SMILES string of the molecule is CCCCCCCCCCCCN1C(=O)C(=Cc2c(N3CCC(C)CC3)nc3ccccn3c2=O)SC1=S. The van der Waals surface area contributed by atoms with Crippen LogP contribution in [0.25, 0.3) is 11.7 Å². The Morgan fingerprint density at radius 2 is 1.66 bits per heavy atom. The molecule has 0 N–H and O–H groups in total. The fourth-order valence-electron chi connectivity index (χ4n) is 5.26. The average molecular weight is 555 g/mol. The summed E-state index contributed by atoms with van der Waals surface area (Å²) in [5.74, 6) is 1.25. The van der Waals surface area contributed by atoms with Gasteiger partial charge in [-0.1, -0.05) is 102 Å². The monoisotopic (exact) mass is 554 g/mol. The van der Waals surface area contributed by atoms with Crippen molar-refractivity contribution in [2.75, 3.05) is 24.5 Å². The fraction of sp³-hybridized carbons (Fsp3) is 0.600. The number of unbranched alkanes of at least 4 members (excludes halogenated alkanes) is 9. The van der Waals surface area contributed by atoms with Crippen LogP contribution in [0.4, 0.5) is 5.82 Å². The molecule has 0 atom stereocenters. The maximum atomic E-state index is 13.6. The van der Waals surface area contributed by atoms with Crippen molar-refractivity contribution >= 4 is 51.7 Å². The van der Waals surface area contributed by atoms with Crippen LogP contribution in [-0.4, -0.2) is 44.1 Å². The summed E-state index contributed by atoms with van der Waals surface area (Å²) in [6, 6.07) is 5.57. The highest BCUT2D eigenvalue weighted by molar-refractivity contribution is 8.26. The van der Waals surface area contributed by atoms with Crippen LogP contribution in [0.3, 0.4) is 0 Å². The van der Waals surface area contributed by atoms with E-state index in [0.29, 0.717) is 38.7 Å². The van der Waals surface area contributed by atoms with Gasteiger partial charge in [0.15, 0.2) is 0 Å².